The summed E-state index contributed by atoms with van der Waals surface area (Å²) < 4.78 is 6.78. The number of para-hydroxylation sites is 1. The van der Waals surface area contributed by atoms with Gasteiger partial charge in [-0.2, -0.15) is 5.10 Å². The van der Waals surface area contributed by atoms with E-state index in [0.717, 1.165) is 28.1 Å². The molecule has 0 radical (unpaired) electrons. The second-order valence-corrected chi connectivity index (χ2v) is 7.29. The van der Waals surface area contributed by atoms with Gasteiger partial charge in [-0.1, -0.05) is 53.7 Å². The molecule has 4 rings (SSSR count). The van der Waals surface area contributed by atoms with Gasteiger partial charge in [0.15, 0.2) is 0 Å². The number of carbonyl (C=O) groups excluding carboxylic acids is 1. The number of amides is 1. The Hall–Kier alpha value is -3.38. The summed E-state index contributed by atoms with van der Waals surface area (Å²) >= 11 is 5.98. The van der Waals surface area contributed by atoms with E-state index in [2.05, 4.69) is 10.5 Å². The van der Waals surface area contributed by atoms with Crippen LogP contribution in [-0.2, 0) is 17.8 Å². The van der Waals surface area contributed by atoms with Crippen LogP contribution in [0.5, 0.6) is 0 Å². The number of nitrogens with one attached hydrogen (secondary N) is 1. The number of aromatic nitrogens is 3. The topological polar surface area (TPSA) is 73.0 Å². The molecule has 1 amide bonds. The molecule has 6 nitrogen and oxygen atoms in total. The van der Waals surface area contributed by atoms with E-state index in [9.17, 15) is 4.79 Å². The minimum Gasteiger partial charge on any atom is -0.352 e. The number of rotatable bonds is 7. The summed E-state index contributed by atoms with van der Waals surface area (Å²) in [6.45, 7) is 2.19. The Kier molecular flexibility index (Phi) is 5.95. The van der Waals surface area contributed by atoms with Crippen molar-refractivity contribution >= 4 is 17.5 Å². The normalized spacial score (nSPS) is 10.9. The third kappa shape index (κ3) is 4.44. The summed E-state index contributed by atoms with van der Waals surface area (Å²) in [6.07, 6.45) is 2.74. The van der Waals surface area contributed by atoms with E-state index in [1.807, 2.05) is 78.5 Å². The number of hydrogen-bond donors (Lipinski definition) is 1. The van der Waals surface area contributed by atoms with Crippen molar-refractivity contribution in [2.45, 2.75) is 26.3 Å². The summed E-state index contributed by atoms with van der Waals surface area (Å²) in [5.74, 6) is -0.0712. The Balaban J connectivity index is 1.50. The lowest BCUT2D eigenvalue weighted by Gasteiger charge is -2.06. The average molecular weight is 421 g/mol. The maximum atomic E-state index is 12.4. The van der Waals surface area contributed by atoms with Crippen molar-refractivity contribution in [1.82, 2.24) is 20.3 Å². The largest absolute Gasteiger partial charge is 0.352 e. The summed E-state index contributed by atoms with van der Waals surface area (Å²) in [6, 6.07) is 19.8. The first-order chi connectivity index (χ1) is 14.6. The van der Waals surface area contributed by atoms with Crippen molar-refractivity contribution in [3.05, 3.63) is 88.9 Å². The molecule has 0 spiro atoms. The minimum atomic E-state index is -0.0712. The van der Waals surface area contributed by atoms with Crippen LogP contribution in [0.2, 0.25) is 5.22 Å². The van der Waals surface area contributed by atoms with Gasteiger partial charge in [-0.3, -0.25) is 4.79 Å². The van der Waals surface area contributed by atoms with E-state index in [0.29, 0.717) is 25.1 Å². The zero-order chi connectivity index (χ0) is 20.9. The first-order valence-electron chi connectivity index (χ1n) is 9.68. The van der Waals surface area contributed by atoms with Gasteiger partial charge in [0.2, 0.25) is 11.1 Å². The van der Waals surface area contributed by atoms with Crippen molar-refractivity contribution < 1.29 is 9.32 Å². The second kappa shape index (κ2) is 8.97. The van der Waals surface area contributed by atoms with Crippen LogP contribution in [0.25, 0.3) is 16.9 Å². The van der Waals surface area contributed by atoms with Gasteiger partial charge in [0.1, 0.15) is 0 Å². The molecule has 2 aromatic heterocycles. The Morgan fingerprint density at radius 1 is 1.10 bits per heavy atom. The molecule has 0 unspecified atom stereocenters. The first-order valence-corrected chi connectivity index (χ1v) is 10.1. The molecular weight excluding hydrogens is 400 g/mol. The van der Waals surface area contributed by atoms with Gasteiger partial charge in [-0.05, 0) is 37.1 Å². The molecule has 0 atom stereocenters. The van der Waals surface area contributed by atoms with Gasteiger partial charge in [-0.15, -0.1) is 0 Å². The highest BCUT2D eigenvalue weighted by molar-refractivity contribution is 6.29. The lowest BCUT2D eigenvalue weighted by atomic mass is 10.1. The molecule has 152 valence electrons. The Morgan fingerprint density at radius 3 is 2.47 bits per heavy atom. The zero-order valence-corrected chi connectivity index (χ0v) is 17.3. The molecule has 0 saturated heterocycles. The average Bonchev–Trinajstić information content (AvgIpc) is 3.35. The molecule has 30 heavy (non-hydrogen) atoms. The van der Waals surface area contributed by atoms with Gasteiger partial charge in [0, 0.05) is 35.9 Å². The van der Waals surface area contributed by atoms with Crippen molar-refractivity contribution in [2.75, 3.05) is 0 Å². The van der Waals surface area contributed by atoms with Crippen LogP contribution in [0.1, 0.15) is 23.2 Å². The van der Waals surface area contributed by atoms with Crippen LogP contribution in [0, 0.1) is 6.92 Å². The van der Waals surface area contributed by atoms with E-state index in [1.54, 1.807) is 0 Å². The standard InChI is InChI=1S/C23H21ClN4O2/c1-16-20(23(24)30-27-16)12-13-21(29)25-14-18-15-28(19-10-6-3-7-11-19)26-22(18)17-8-4-2-5-9-17/h2-11,15H,12-14H2,1H3,(H,25,29). The van der Waals surface area contributed by atoms with Gasteiger partial charge >= 0.3 is 0 Å². The number of carbonyl (C=O) groups is 1. The fourth-order valence-corrected chi connectivity index (χ4v) is 3.52. The molecule has 2 heterocycles. The fraction of sp³-hybridized carbons (Fsp3) is 0.174. The lowest BCUT2D eigenvalue weighted by Crippen LogP contribution is -2.23. The van der Waals surface area contributed by atoms with Crippen LogP contribution in [0.15, 0.2) is 71.4 Å². The minimum absolute atomic E-state index is 0.0712. The molecule has 0 aliphatic rings. The molecule has 0 fully saturated rings. The smallest absolute Gasteiger partial charge is 0.229 e. The number of hydrogen-bond acceptors (Lipinski definition) is 4. The molecule has 0 aliphatic carbocycles. The van der Waals surface area contributed by atoms with E-state index >= 15 is 0 Å². The van der Waals surface area contributed by atoms with Crippen molar-refractivity contribution in [3.8, 4) is 16.9 Å². The van der Waals surface area contributed by atoms with Crippen molar-refractivity contribution in [2.24, 2.45) is 0 Å². The number of halogens is 1. The van der Waals surface area contributed by atoms with E-state index in [4.69, 9.17) is 21.2 Å². The quantitative estimate of drug-likeness (QED) is 0.468. The molecule has 7 heteroatoms. The van der Waals surface area contributed by atoms with Crippen molar-refractivity contribution in [1.29, 1.82) is 0 Å². The number of aryl methyl sites for hydroxylation is 1. The second-order valence-electron chi connectivity index (χ2n) is 6.95. The molecule has 0 bridgehead atoms. The Labute approximate surface area is 179 Å². The third-order valence-corrected chi connectivity index (χ3v) is 5.17. The number of nitrogens with zero attached hydrogens (tertiary/aromatic N) is 3. The van der Waals surface area contributed by atoms with E-state index in [-0.39, 0.29) is 11.1 Å². The third-order valence-electron chi connectivity index (χ3n) is 4.87. The van der Waals surface area contributed by atoms with Crippen molar-refractivity contribution in [3.63, 3.8) is 0 Å². The van der Waals surface area contributed by atoms with Crippen LogP contribution in [-0.4, -0.2) is 20.8 Å². The molecule has 2 aromatic carbocycles. The first kappa shape index (κ1) is 19.9. The molecule has 0 saturated carbocycles. The predicted molar refractivity (Wildman–Crippen MR) is 115 cm³/mol. The molecular formula is C23H21ClN4O2. The van der Waals surface area contributed by atoms with Crippen LogP contribution >= 0.6 is 11.6 Å². The van der Waals surface area contributed by atoms with E-state index in [1.165, 1.54) is 0 Å². The summed E-state index contributed by atoms with van der Waals surface area (Å²) in [7, 11) is 0. The highest BCUT2D eigenvalue weighted by Gasteiger charge is 2.15. The monoisotopic (exact) mass is 420 g/mol. The zero-order valence-electron chi connectivity index (χ0n) is 16.5. The summed E-state index contributed by atoms with van der Waals surface area (Å²) in [5.41, 5.74) is 5.24. The highest BCUT2D eigenvalue weighted by Crippen LogP contribution is 2.24. The van der Waals surface area contributed by atoms with Gasteiger partial charge in [-0.25, -0.2) is 4.68 Å². The number of benzene rings is 2. The Bertz CT molecular complexity index is 1120. The lowest BCUT2D eigenvalue weighted by molar-refractivity contribution is -0.121. The van der Waals surface area contributed by atoms with Gasteiger partial charge in [0.05, 0.1) is 17.1 Å². The van der Waals surface area contributed by atoms with Crippen LogP contribution in [0.4, 0.5) is 0 Å². The van der Waals surface area contributed by atoms with Gasteiger partial charge < -0.3 is 9.84 Å². The van der Waals surface area contributed by atoms with Crippen LogP contribution in [0.3, 0.4) is 0 Å². The molecule has 1 N–H and O–H groups in total. The van der Waals surface area contributed by atoms with E-state index < -0.39 is 0 Å². The summed E-state index contributed by atoms with van der Waals surface area (Å²) in [4.78, 5) is 12.4. The maximum Gasteiger partial charge on any atom is 0.229 e. The SMILES string of the molecule is Cc1noc(Cl)c1CCC(=O)NCc1cn(-c2ccccc2)nc1-c1ccccc1. The fourth-order valence-electron chi connectivity index (χ4n) is 3.25. The Morgan fingerprint density at radius 2 is 1.80 bits per heavy atom. The van der Waals surface area contributed by atoms with Gasteiger partial charge in [0.25, 0.3) is 0 Å². The highest BCUT2D eigenvalue weighted by atomic mass is 35.5. The summed E-state index contributed by atoms with van der Waals surface area (Å²) in [5, 5.41) is 11.8. The predicted octanol–water partition coefficient (Wildman–Crippen LogP) is 4.74. The molecule has 4 aromatic rings. The maximum absolute atomic E-state index is 12.4. The molecule has 0 aliphatic heterocycles. The van der Waals surface area contributed by atoms with Crippen LogP contribution < -0.4 is 5.32 Å².